The van der Waals surface area contributed by atoms with Crippen molar-refractivity contribution in [1.82, 2.24) is 5.32 Å². The van der Waals surface area contributed by atoms with E-state index in [0.717, 1.165) is 22.9 Å². The Labute approximate surface area is 134 Å². The molecule has 3 rings (SSSR count). The van der Waals surface area contributed by atoms with Gasteiger partial charge in [-0.3, -0.25) is 4.79 Å². The van der Waals surface area contributed by atoms with Crippen LogP contribution in [0.4, 0.5) is 0 Å². The normalized spacial score (nSPS) is 31.7. The summed E-state index contributed by atoms with van der Waals surface area (Å²) in [4.78, 5) is 12.3. The lowest BCUT2D eigenvalue weighted by Gasteiger charge is -2.45. The second kappa shape index (κ2) is 6.49. The first-order chi connectivity index (χ1) is 10.1. The molecular weight excluding hydrogens is 328 g/mol. The van der Waals surface area contributed by atoms with Crippen LogP contribution in [0.25, 0.3) is 0 Å². The molecule has 2 saturated carbocycles. The van der Waals surface area contributed by atoms with Gasteiger partial charge in [-0.25, -0.2) is 0 Å². The van der Waals surface area contributed by atoms with E-state index >= 15 is 0 Å². The Morgan fingerprint density at radius 3 is 2.43 bits per heavy atom. The fraction of sp³-hybridized carbons (Fsp3) is 0.588. The Balaban J connectivity index is 1.60. The minimum Gasteiger partial charge on any atom is -0.353 e. The Morgan fingerprint density at radius 2 is 1.81 bits per heavy atom. The Bertz CT molecular complexity index is 488. The van der Waals surface area contributed by atoms with Crippen LogP contribution in [0.5, 0.6) is 0 Å². The fourth-order valence-corrected chi connectivity index (χ4v) is 4.31. The van der Waals surface area contributed by atoms with E-state index in [0.29, 0.717) is 30.3 Å². The van der Waals surface area contributed by atoms with Gasteiger partial charge in [-0.05, 0) is 55.2 Å². The summed E-state index contributed by atoms with van der Waals surface area (Å²) in [6, 6.07) is 8.65. The van der Waals surface area contributed by atoms with E-state index in [2.05, 4.69) is 21.2 Å². The number of hydrogen-bond donors (Lipinski definition) is 2. The van der Waals surface area contributed by atoms with E-state index in [1.165, 1.54) is 19.3 Å². The molecule has 2 unspecified atom stereocenters. The van der Waals surface area contributed by atoms with Crippen LogP contribution in [-0.4, -0.2) is 18.0 Å². The van der Waals surface area contributed by atoms with Crippen molar-refractivity contribution in [2.45, 2.75) is 50.6 Å². The summed E-state index contributed by atoms with van der Waals surface area (Å²) in [6.07, 6.45) is 6.33. The predicted molar refractivity (Wildman–Crippen MR) is 87.8 cm³/mol. The zero-order valence-electron chi connectivity index (χ0n) is 12.2. The highest BCUT2D eigenvalue weighted by molar-refractivity contribution is 9.10. The third-order valence-electron chi connectivity index (χ3n) is 4.98. The number of rotatable bonds is 3. The highest BCUT2D eigenvalue weighted by Crippen LogP contribution is 2.39. The topological polar surface area (TPSA) is 55.1 Å². The van der Waals surface area contributed by atoms with Crippen LogP contribution >= 0.6 is 15.9 Å². The van der Waals surface area contributed by atoms with Gasteiger partial charge < -0.3 is 11.1 Å². The summed E-state index contributed by atoms with van der Waals surface area (Å²) in [7, 11) is 0. The van der Waals surface area contributed by atoms with Crippen LogP contribution < -0.4 is 11.1 Å². The third-order valence-corrected chi connectivity index (χ3v) is 5.51. The third kappa shape index (κ3) is 3.67. The molecule has 0 aromatic heterocycles. The van der Waals surface area contributed by atoms with Crippen molar-refractivity contribution in [3.63, 3.8) is 0 Å². The summed E-state index contributed by atoms with van der Waals surface area (Å²) in [5.74, 6) is 1.32. The zero-order valence-corrected chi connectivity index (χ0v) is 13.8. The number of hydrogen-bond acceptors (Lipinski definition) is 2. The average Bonchev–Trinajstić information content (AvgIpc) is 2.42. The number of carbonyl (C=O) groups is 1. The molecule has 114 valence electrons. The molecule has 0 radical (unpaired) electrons. The molecule has 2 aliphatic rings. The Hall–Kier alpha value is -0.870. The molecule has 0 saturated heterocycles. The largest absolute Gasteiger partial charge is 0.353 e. The molecule has 21 heavy (non-hydrogen) atoms. The lowest BCUT2D eigenvalue weighted by atomic mass is 9.67. The van der Waals surface area contributed by atoms with Crippen molar-refractivity contribution < 1.29 is 4.79 Å². The van der Waals surface area contributed by atoms with Crippen LogP contribution in [0.2, 0.25) is 0 Å². The second-order valence-corrected chi connectivity index (χ2v) is 7.49. The molecule has 2 bridgehead atoms. The average molecular weight is 351 g/mol. The first-order valence-corrected chi connectivity index (χ1v) is 8.70. The van der Waals surface area contributed by atoms with E-state index < -0.39 is 0 Å². The van der Waals surface area contributed by atoms with E-state index in [1.54, 1.807) is 0 Å². The molecular formula is C17H23BrN2O. The molecule has 3 N–H and O–H groups in total. The van der Waals surface area contributed by atoms with Gasteiger partial charge in [0.2, 0.25) is 5.91 Å². The predicted octanol–water partition coefficient (Wildman–Crippen LogP) is 3.01. The maximum absolute atomic E-state index is 12.3. The van der Waals surface area contributed by atoms with Gasteiger partial charge in [-0.15, -0.1) is 0 Å². The summed E-state index contributed by atoms with van der Waals surface area (Å²) in [5.41, 5.74) is 7.20. The summed E-state index contributed by atoms with van der Waals surface area (Å²) < 4.78 is 1.04. The van der Waals surface area contributed by atoms with Gasteiger partial charge in [0.1, 0.15) is 0 Å². The fourth-order valence-electron chi connectivity index (χ4n) is 4.05. The molecule has 4 heteroatoms. The number of nitrogens with one attached hydrogen (secondary N) is 1. The number of fused-ring (bicyclic) bond motifs is 2. The number of carbonyl (C=O) groups excluding carboxylic acids is 1. The first-order valence-electron chi connectivity index (χ1n) is 7.91. The SMILES string of the molecule is NC1CC2CCCC(C1)C2NC(=O)Cc1ccc(Br)cc1. The van der Waals surface area contributed by atoms with Crippen LogP contribution in [0.15, 0.2) is 28.7 Å². The van der Waals surface area contributed by atoms with Gasteiger partial charge in [0.25, 0.3) is 0 Å². The molecule has 0 spiro atoms. The van der Waals surface area contributed by atoms with Crippen molar-refractivity contribution in [1.29, 1.82) is 0 Å². The van der Waals surface area contributed by atoms with Gasteiger partial charge in [-0.2, -0.15) is 0 Å². The minimum absolute atomic E-state index is 0.148. The number of nitrogens with two attached hydrogens (primary N) is 1. The first kappa shape index (κ1) is 15.0. The highest BCUT2D eigenvalue weighted by atomic mass is 79.9. The number of halogens is 1. The molecule has 0 heterocycles. The van der Waals surface area contributed by atoms with Gasteiger partial charge >= 0.3 is 0 Å². The number of amides is 1. The van der Waals surface area contributed by atoms with Crippen LogP contribution in [0.1, 0.15) is 37.7 Å². The molecule has 2 fully saturated rings. The van der Waals surface area contributed by atoms with Gasteiger partial charge in [0, 0.05) is 16.6 Å². The van der Waals surface area contributed by atoms with Crippen molar-refractivity contribution in [2.24, 2.45) is 17.6 Å². The van der Waals surface area contributed by atoms with E-state index in [4.69, 9.17) is 5.73 Å². The Kier molecular flexibility index (Phi) is 4.65. The molecule has 3 nitrogen and oxygen atoms in total. The molecule has 1 aromatic carbocycles. The molecule has 1 amide bonds. The number of benzene rings is 1. The van der Waals surface area contributed by atoms with Crippen LogP contribution in [0, 0.1) is 11.8 Å². The summed E-state index contributed by atoms with van der Waals surface area (Å²) in [5, 5.41) is 3.30. The summed E-state index contributed by atoms with van der Waals surface area (Å²) in [6.45, 7) is 0. The van der Waals surface area contributed by atoms with E-state index in [-0.39, 0.29) is 5.91 Å². The van der Waals surface area contributed by atoms with Crippen molar-refractivity contribution in [2.75, 3.05) is 0 Å². The minimum atomic E-state index is 0.148. The van der Waals surface area contributed by atoms with Crippen LogP contribution in [0.3, 0.4) is 0 Å². The standard InChI is InChI=1S/C17H23BrN2O/c18-14-6-4-11(5-7-14)8-16(21)20-17-12-2-1-3-13(17)10-15(19)9-12/h4-7,12-13,15,17H,1-3,8-10,19H2,(H,20,21). The molecule has 2 aliphatic carbocycles. The maximum atomic E-state index is 12.3. The smallest absolute Gasteiger partial charge is 0.224 e. The lowest BCUT2D eigenvalue weighted by molar-refractivity contribution is -0.122. The van der Waals surface area contributed by atoms with E-state index in [9.17, 15) is 4.79 Å². The maximum Gasteiger partial charge on any atom is 0.224 e. The molecule has 0 aliphatic heterocycles. The second-order valence-electron chi connectivity index (χ2n) is 6.58. The molecule has 1 aromatic rings. The van der Waals surface area contributed by atoms with Crippen molar-refractivity contribution >= 4 is 21.8 Å². The van der Waals surface area contributed by atoms with Gasteiger partial charge in [-0.1, -0.05) is 34.5 Å². The Morgan fingerprint density at radius 1 is 1.19 bits per heavy atom. The lowest BCUT2D eigenvalue weighted by Crippen LogP contribution is -2.54. The monoisotopic (exact) mass is 350 g/mol. The van der Waals surface area contributed by atoms with Gasteiger partial charge in [0.15, 0.2) is 0 Å². The highest BCUT2D eigenvalue weighted by Gasteiger charge is 2.39. The van der Waals surface area contributed by atoms with Crippen molar-refractivity contribution in [3.8, 4) is 0 Å². The van der Waals surface area contributed by atoms with Crippen molar-refractivity contribution in [3.05, 3.63) is 34.3 Å². The van der Waals surface area contributed by atoms with Crippen LogP contribution in [-0.2, 0) is 11.2 Å². The molecule has 2 atom stereocenters. The quantitative estimate of drug-likeness (QED) is 0.880. The zero-order chi connectivity index (χ0) is 14.8. The van der Waals surface area contributed by atoms with E-state index in [1.807, 2.05) is 24.3 Å². The summed E-state index contributed by atoms with van der Waals surface area (Å²) >= 11 is 3.42. The van der Waals surface area contributed by atoms with Gasteiger partial charge in [0.05, 0.1) is 6.42 Å².